The molecule has 1 amide bonds. The van der Waals surface area contributed by atoms with E-state index in [-0.39, 0.29) is 47.0 Å². The molecule has 0 unspecified atom stereocenters. The van der Waals surface area contributed by atoms with E-state index in [1.807, 2.05) is 0 Å². The lowest BCUT2D eigenvalue weighted by Crippen LogP contribution is -2.28. The molecule has 31 heteroatoms. The Labute approximate surface area is 420 Å². The number of nitrogens with one attached hydrogen (secondary N) is 1. The summed E-state index contributed by atoms with van der Waals surface area (Å²) in [5.41, 5.74) is -3.34. The Balaban J connectivity index is 1.60. The minimum Gasteiger partial charge on any atom is -0.481 e. The summed E-state index contributed by atoms with van der Waals surface area (Å²) in [5, 5.41) is 11.6. The van der Waals surface area contributed by atoms with Gasteiger partial charge in [0.05, 0.1) is 27.4 Å². The van der Waals surface area contributed by atoms with Crippen LogP contribution in [0, 0.1) is 0 Å². The van der Waals surface area contributed by atoms with Gasteiger partial charge in [0.15, 0.2) is 21.1 Å². The third-order valence-corrected chi connectivity index (χ3v) is 16.6. The van der Waals surface area contributed by atoms with Gasteiger partial charge in [-0.15, -0.1) is 0 Å². The van der Waals surface area contributed by atoms with Crippen molar-refractivity contribution in [3.05, 3.63) is 119 Å². The summed E-state index contributed by atoms with van der Waals surface area (Å²) >= 11 is 0. The molecule has 25 nitrogen and oxygen atoms in total. The monoisotopic (exact) mass is 1140 g/mol. The van der Waals surface area contributed by atoms with E-state index in [1.54, 1.807) is 24.3 Å². The molecule has 2 aliphatic rings. The fraction of sp³-hybridized carbons (Fsp3) is 0.140. The predicted molar refractivity (Wildman–Crippen MR) is 258 cm³/mol. The Morgan fingerprint density at radius 3 is 1.70 bits per heavy atom. The molecule has 0 spiro atoms. The molecule has 392 valence electrons. The summed E-state index contributed by atoms with van der Waals surface area (Å²) in [6, 6.07) is 17.5. The van der Waals surface area contributed by atoms with Crippen molar-refractivity contribution in [3.8, 4) is 22.5 Å². The summed E-state index contributed by atoms with van der Waals surface area (Å²) in [4.78, 5) is 24.5. The molecular formula is C43H37N3O22S6. The maximum Gasteiger partial charge on any atom is 0.303 e. The van der Waals surface area contributed by atoms with Crippen LogP contribution in [0.15, 0.2) is 136 Å². The van der Waals surface area contributed by atoms with E-state index >= 15 is 0 Å². The molecule has 0 bridgehead atoms. The van der Waals surface area contributed by atoms with E-state index in [0.717, 1.165) is 48.5 Å². The van der Waals surface area contributed by atoms with Crippen LogP contribution < -0.4 is 10.7 Å². The highest BCUT2D eigenvalue weighted by molar-refractivity contribution is 7.87. The first-order valence-electron chi connectivity index (χ1n) is 20.6. The second kappa shape index (κ2) is 19.8. The molecule has 8 N–H and O–H groups in total. The van der Waals surface area contributed by atoms with Crippen molar-refractivity contribution < 1.29 is 96.9 Å². The summed E-state index contributed by atoms with van der Waals surface area (Å²) in [6.45, 7) is -1.87. The largest absolute Gasteiger partial charge is 0.481 e. The van der Waals surface area contributed by atoms with Gasteiger partial charge >= 0.3 is 5.97 Å². The van der Waals surface area contributed by atoms with E-state index in [2.05, 4.69) is 10.3 Å². The van der Waals surface area contributed by atoms with Crippen molar-refractivity contribution >= 4 is 100 Å². The molecule has 0 radical (unpaired) electrons. The SMILES string of the molecule is CN(CCCC(=O)O)C(=O)c1cc2ccccc2cc1-c1c2cc/c(=N/Cc3ccc(S(=O)(=O)O)cc3S(=O)(=O)O)c(S(=O)(=O)O)c-2oc2c(S(=O)(=O)O)c(NCc3ccc(S(=O)(=O)O)cc3S(=O)(=O)O)ccc12. The van der Waals surface area contributed by atoms with Crippen LogP contribution >= 0.6 is 0 Å². The van der Waals surface area contributed by atoms with Crippen molar-refractivity contribution in [2.75, 3.05) is 18.9 Å². The Hall–Kier alpha value is -6.75. The summed E-state index contributed by atoms with van der Waals surface area (Å²) in [5.74, 6) is -2.86. The molecule has 1 aliphatic heterocycles. The molecule has 0 fully saturated rings. The number of carboxylic acid groups (broad SMARTS) is 1. The number of anilines is 1. The Morgan fingerprint density at radius 2 is 1.16 bits per heavy atom. The molecule has 0 atom stereocenters. The van der Waals surface area contributed by atoms with Gasteiger partial charge in [0.25, 0.3) is 66.6 Å². The third kappa shape index (κ3) is 11.6. The highest BCUT2D eigenvalue weighted by Gasteiger charge is 2.34. The van der Waals surface area contributed by atoms with Gasteiger partial charge in [-0.05, 0) is 94.5 Å². The minimum absolute atomic E-state index is 0.0130. The van der Waals surface area contributed by atoms with Crippen LogP contribution in [0.25, 0.3) is 44.2 Å². The fourth-order valence-corrected chi connectivity index (χ4v) is 12.2. The second-order valence-electron chi connectivity index (χ2n) is 16.1. The number of rotatable bonds is 17. The van der Waals surface area contributed by atoms with E-state index in [1.165, 1.54) is 24.1 Å². The van der Waals surface area contributed by atoms with E-state index in [9.17, 15) is 92.5 Å². The predicted octanol–water partition coefficient (Wildman–Crippen LogP) is 4.49. The van der Waals surface area contributed by atoms with Gasteiger partial charge in [-0.2, -0.15) is 50.5 Å². The quantitative estimate of drug-likeness (QED) is 0.0460. The first kappa shape index (κ1) is 55.0. The number of fused-ring (bicyclic) bond motifs is 3. The number of aliphatic carboxylic acids is 1. The molecule has 1 heterocycles. The summed E-state index contributed by atoms with van der Waals surface area (Å²) in [6.07, 6.45) is -0.348. The maximum atomic E-state index is 14.5. The van der Waals surface area contributed by atoms with Crippen LogP contribution in [0.3, 0.4) is 0 Å². The Morgan fingerprint density at radius 1 is 0.608 bits per heavy atom. The highest BCUT2D eigenvalue weighted by Crippen LogP contribution is 2.47. The zero-order valence-electron chi connectivity index (χ0n) is 37.4. The molecule has 7 rings (SSSR count). The summed E-state index contributed by atoms with van der Waals surface area (Å²) < 4.78 is 218. The van der Waals surface area contributed by atoms with Gasteiger partial charge in [0.1, 0.15) is 9.79 Å². The van der Waals surface area contributed by atoms with Gasteiger partial charge in [-0.1, -0.05) is 36.4 Å². The van der Waals surface area contributed by atoms with Crippen LogP contribution in [-0.4, -0.2) is 113 Å². The number of hydrogen-bond acceptors (Lipinski definition) is 17. The molecule has 0 saturated carbocycles. The molecule has 74 heavy (non-hydrogen) atoms. The number of benzene rings is 6. The second-order valence-corrected chi connectivity index (χ2v) is 24.5. The lowest BCUT2D eigenvalue weighted by Gasteiger charge is -2.23. The smallest absolute Gasteiger partial charge is 0.303 e. The zero-order valence-corrected chi connectivity index (χ0v) is 42.3. The van der Waals surface area contributed by atoms with Crippen LogP contribution in [0.4, 0.5) is 5.69 Å². The molecule has 0 aromatic heterocycles. The van der Waals surface area contributed by atoms with Crippen molar-refractivity contribution in [1.29, 1.82) is 0 Å². The Bertz CT molecular complexity index is 4270. The summed E-state index contributed by atoms with van der Waals surface area (Å²) in [7, 11) is -30.7. The van der Waals surface area contributed by atoms with Crippen LogP contribution in [0.2, 0.25) is 0 Å². The minimum atomic E-state index is -5.69. The normalized spacial score (nSPS) is 13.1. The van der Waals surface area contributed by atoms with Crippen molar-refractivity contribution in [3.63, 3.8) is 0 Å². The first-order valence-corrected chi connectivity index (χ1v) is 29.2. The van der Waals surface area contributed by atoms with E-state index < -0.39 is 149 Å². The topological polar surface area (TPSA) is 421 Å². The van der Waals surface area contributed by atoms with Gasteiger partial charge in [0, 0.05) is 48.6 Å². The lowest BCUT2D eigenvalue weighted by atomic mass is 9.88. The van der Waals surface area contributed by atoms with Crippen molar-refractivity contribution in [2.24, 2.45) is 4.99 Å². The number of carboxylic acids is 1. The molecule has 5 aromatic rings. The number of hydrogen-bond donors (Lipinski definition) is 8. The molecule has 5 aromatic carbocycles. The molecule has 0 saturated heterocycles. The van der Waals surface area contributed by atoms with Gasteiger partial charge in [0.2, 0.25) is 0 Å². The van der Waals surface area contributed by atoms with E-state index in [0.29, 0.717) is 22.9 Å². The van der Waals surface area contributed by atoms with Crippen molar-refractivity contribution in [2.45, 2.75) is 55.3 Å². The van der Waals surface area contributed by atoms with Gasteiger partial charge < -0.3 is 19.7 Å². The van der Waals surface area contributed by atoms with E-state index in [4.69, 9.17) is 4.42 Å². The molecular weight excluding hydrogens is 1100 g/mol. The Kier molecular flexibility index (Phi) is 14.7. The third-order valence-electron chi connectivity index (χ3n) is 11.2. The molecule has 1 aliphatic carbocycles. The van der Waals surface area contributed by atoms with Crippen molar-refractivity contribution in [1.82, 2.24) is 4.90 Å². The van der Waals surface area contributed by atoms with Crippen LogP contribution in [0.5, 0.6) is 0 Å². The number of nitrogens with zero attached hydrogens (tertiary/aromatic N) is 2. The average Bonchev–Trinajstić information content (AvgIpc) is 3.28. The van der Waals surface area contributed by atoms with Crippen LogP contribution in [-0.2, 0) is 78.6 Å². The lowest BCUT2D eigenvalue weighted by molar-refractivity contribution is -0.137. The maximum absolute atomic E-state index is 14.5. The number of carbonyl (C=O) groups excluding carboxylic acids is 1. The highest BCUT2D eigenvalue weighted by atomic mass is 32.2. The van der Waals surface area contributed by atoms with Gasteiger partial charge in [-0.25, -0.2) is 0 Å². The number of carbonyl (C=O) groups is 2. The van der Waals surface area contributed by atoms with Gasteiger partial charge in [-0.3, -0.25) is 41.9 Å². The standard InChI is InChI=1S/C43H37N3O22S6/c1-46(16-4-7-37(47)48)43(49)32-18-24-6-3-2-5-23(24)17-31(32)38-29-12-14-33(44-21-25-8-10-27(69(50,51)52)19-35(25)71(56,57)58)41(73(62,63)64)39(29)68-40-30(38)13-15-34(42(40)74(65,66)67)45-22-26-9-11-28(70(53,54)55)20-36(26)72(59,60)61/h2-3,5-6,8-15,17-20,44H,4,7,16,21-22H2,1H3,(H,47,48)(H,50,51,52)(H,53,54,55)(H,56,57,58)(H,59,60,61)(H,62,63,64)(H,65,66,67)/b45-34-. The van der Waals surface area contributed by atoms with Crippen LogP contribution in [0.1, 0.15) is 34.3 Å². The first-order chi connectivity index (χ1) is 34.2. The zero-order chi connectivity index (χ0) is 54.7. The number of amides is 1. The fourth-order valence-electron chi connectivity index (χ4n) is 7.92. The average molecular weight is 1140 g/mol.